The molecule has 76 heavy (non-hydrogen) atoms. The van der Waals surface area contributed by atoms with Crippen LogP contribution < -0.4 is 35.7 Å². The van der Waals surface area contributed by atoms with Crippen LogP contribution >= 0.6 is 34.8 Å². The number of carbonyl (C=O) groups is 1. The molecule has 4 aromatic carbocycles. The second kappa shape index (κ2) is 26.0. The SMILES string of the molecule is Clc1ccnc(Cl)n1.Cn1cc(-c2nccc(Oc3cccc(N)c3)n2)cn1.Cn1cc(-c2nccc(Oc3cccc(NC(=O)c4ccc(OC(F)(F)F)cc4)c3)n2)cn1.Nc1cccc(Oc2ccnc(Cl)n2)c1. The van der Waals surface area contributed by atoms with E-state index in [4.69, 9.17) is 60.5 Å². The van der Waals surface area contributed by atoms with E-state index in [-0.39, 0.29) is 16.1 Å². The van der Waals surface area contributed by atoms with Crippen molar-refractivity contribution in [3.8, 4) is 63.4 Å². The fourth-order valence-electron chi connectivity index (χ4n) is 6.01. The minimum atomic E-state index is -4.80. The van der Waals surface area contributed by atoms with Gasteiger partial charge in [-0.25, -0.2) is 24.9 Å². The molecule has 0 aliphatic rings. The second-order valence-corrected chi connectivity index (χ2v) is 16.1. The molecule has 0 saturated carbocycles. The first-order chi connectivity index (χ1) is 36.5. The number of aromatic nitrogens is 12. The van der Waals surface area contributed by atoms with Crippen LogP contribution in [0, 0.1) is 0 Å². The van der Waals surface area contributed by atoms with Crippen molar-refractivity contribution in [1.82, 2.24) is 59.4 Å². The standard InChI is InChI=1S/C22H16F3N5O3.C14H13N5O.C10H8ClN3O.C4H2Cl2N2/c1-30-13-15(12-27-30)20-26-10-9-19(29-20)32-18-4-2-3-16(11-18)28-21(31)14-5-7-17(8-6-14)33-22(23,24)25;1-19-9-10(8-17-19)14-16-6-5-13(18-14)20-12-4-2-3-11(15)7-12;11-10-13-5-4-9(14-10)15-8-3-1-2-7(12)6-8;5-3-1-2-7-4(6)8-3/h2-13H,1H3,(H,28,31);2-9H,15H2,1H3;1-6H,12H2;1-2H. The molecular weight excluding hydrogens is 1050 g/mol. The molecule has 0 fully saturated rings. The fourth-order valence-corrected chi connectivity index (χ4v) is 6.47. The molecule has 0 bridgehead atoms. The third kappa shape index (κ3) is 17.6. The van der Waals surface area contributed by atoms with Gasteiger partial charge >= 0.3 is 6.36 Å². The normalized spacial score (nSPS) is 10.5. The van der Waals surface area contributed by atoms with E-state index in [0.29, 0.717) is 68.8 Å². The van der Waals surface area contributed by atoms with Gasteiger partial charge in [0, 0.05) is 110 Å². The van der Waals surface area contributed by atoms with Crippen molar-refractivity contribution in [1.29, 1.82) is 0 Å². The van der Waals surface area contributed by atoms with Gasteiger partial charge in [-0.2, -0.15) is 25.1 Å². The number of nitrogen functional groups attached to an aromatic ring is 2. The van der Waals surface area contributed by atoms with Crippen LogP contribution in [-0.4, -0.2) is 71.7 Å². The van der Waals surface area contributed by atoms with E-state index in [1.807, 2.05) is 25.4 Å². The summed E-state index contributed by atoms with van der Waals surface area (Å²) in [7, 11) is 3.63. The summed E-state index contributed by atoms with van der Waals surface area (Å²) in [4.78, 5) is 44.4. The molecule has 1 amide bonds. The summed E-state index contributed by atoms with van der Waals surface area (Å²) in [6.45, 7) is 0. The molecule has 0 aliphatic carbocycles. The van der Waals surface area contributed by atoms with Crippen LogP contribution in [0.1, 0.15) is 10.4 Å². The first-order valence-electron chi connectivity index (χ1n) is 21.8. The van der Waals surface area contributed by atoms with E-state index in [2.05, 4.69) is 60.1 Å². The molecule has 6 heterocycles. The Labute approximate surface area is 445 Å². The maximum atomic E-state index is 12.4. The maximum absolute atomic E-state index is 12.4. The van der Waals surface area contributed by atoms with Gasteiger partial charge in [0.2, 0.25) is 28.2 Å². The predicted molar refractivity (Wildman–Crippen MR) is 277 cm³/mol. The number of nitrogens with zero attached hydrogens (tertiary/aromatic N) is 12. The number of hydrogen-bond donors (Lipinski definition) is 3. The highest BCUT2D eigenvalue weighted by Crippen LogP contribution is 2.28. The summed E-state index contributed by atoms with van der Waals surface area (Å²) in [5.74, 6) is 2.92. The zero-order valence-electron chi connectivity index (χ0n) is 39.5. The van der Waals surface area contributed by atoms with E-state index in [1.165, 1.54) is 24.5 Å². The number of aryl methyl sites for hydroxylation is 2. The summed E-state index contributed by atoms with van der Waals surface area (Å²) in [5, 5.41) is 11.5. The number of carbonyl (C=O) groups excluding carboxylic acids is 1. The molecular formula is C50H39Cl3F3N15O5. The number of nitrogens with two attached hydrogens (primary N) is 2. The lowest BCUT2D eigenvalue weighted by atomic mass is 10.2. The summed E-state index contributed by atoms with van der Waals surface area (Å²) >= 11 is 16.4. The Morgan fingerprint density at radius 1 is 0.553 bits per heavy atom. The molecule has 20 nitrogen and oxygen atoms in total. The number of hydrogen-bond acceptors (Lipinski definition) is 17. The third-order valence-electron chi connectivity index (χ3n) is 9.20. The van der Waals surface area contributed by atoms with Crippen molar-refractivity contribution in [3.05, 3.63) is 192 Å². The average molecular weight is 1090 g/mol. The minimum absolute atomic E-state index is 0.149. The highest BCUT2D eigenvalue weighted by atomic mass is 35.5. The highest BCUT2D eigenvalue weighted by molar-refractivity contribution is 6.31. The van der Waals surface area contributed by atoms with Crippen molar-refractivity contribution in [2.75, 3.05) is 16.8 Å². The van der Waals surface area contributed by atoms with E-state index < -0.39 is 18.0 Å². The van der Waals surface area contributed by atoms with Crippen molar-refractivity contribution in [2.45, 2.75) is 6.36 Å². The Kier molecular flexibility index (Phi) is 18.6. The van der Waals surface area contributed by atoms with Gasteiger partial charge in [-0.1, -0.05) is 29.8 Å². The van der Waals surface area contributed by atoms with Crippen LogP contribution in [0.2, 0.25) is 15.7 Å². The number of rotatable bonds is 11. The molecule has 0 unspecified atom stereocenters. The number of alkyl halides is 3. The molecule has 6 aromatic heterocycles. The van der Waals surface area contributed by atoms with Crippen LogP contribution in [0.15, 0.2) is 171 Å². The van der Waals surface area contributed by atoms with Gasteiger partial charge < -0.3 is 35.7 Å². The number of nitrogens with one attached hydrogen (secondary N) is 1. The quantitative estimate of drug-likeness (QED) is 0.0618. The molecule has 386 valence electrons. The lowest BCUT2D eigenvalue weighted by Crippen LogP contribution is -2.17. The fraction of sp³-hybridized carbons (Fsp3) is 0.0600. The van der Waals surface area contributed by atoms with Crippen molar-refractivity contribution in [3.63, 3.8) is 0 Å². The van der Waals surface area contributed by atoms with Gasteiger partial charge in [0.05, 0.1) is 23.5 Å². The third-order valence-corrected chi connectivity index (χ3v) is 9.78. The van der Waals surface area contributed by atoms with E-state index >= 15 is 0 Å². The van der Waals surface area contributed by atoms with E-state index in [0.717, 1.165) is 23.3 Å². The number of halogens is 6. The molecule has 0 spiro atoms. The molecule has 26 heteroatoms. The minimum Gasteiger partial charge on any atom is -0.439 e. The second-order valence-electron chi connectivity index (χ2n) is 15.1. The van der Waals surface area contributed by atoms with Gasteiger partial charge in [0.15, 0.2) is 11.6 Å². The van der Waals surface area contributed by atoms with Crippen molar-refractivity contribution < 1.29 is 36.9 Å². The Bertz CT molecular complexity index is 3460. The first-order valence-corrected chi connectivity index (χ1v) is 22.9. The van der Waals surface area contributed by atoms with Gasteiger partial charge in [0.25, 0.3) is 5.91 Å². The molecule has 10 aromatic rings. The Morgan fingerprint density at radius 2 is 1.01 bits per heavy atom. The van der Waals surface area contributed by atoms with Crippen molar-refractivity contribution in [2.24, 2.45) is 14.1 Å². The topological polar surface area (TPSA) is 257 Å². The van der Waals surface area contributed by atoms with Gasteiger partial charge in [-0.15, -0.1) is 13.2 Å². The van der Waals surface area contributed by atoms with Crippen LogP contribution in [0.5, 0.6) is 40.6 Å². The summed E-state index contributed by atoms with van der Waals surface area (Å²) in [6.07, 6.45) is 8.40. The zero-order valence-corrected chi connectivity index (χ0v) is 41.8. The highest BCUT2D eigenvalue weighted by Gasteiger charge is 2.31. The smallest absolute Gasteiger partial charge is 0.439 e. The van der Waals surface area contributed by atoms with Crippen LogP contribution in [0.3, 0.4) is 0 Å². The molecule has 5 N–H and O–H groups in total. The molecule has 0 atom stereocenters. The molecule has 0 radical (unpaired) electrons. The number of anilines is 3. The van der Waals surface area contributed by atoms with E-state index in [1.54, 1.807) is 132 Å². The number of benzene rings is 4. The lowest BCUT2D eigenvalue weighted by Gasteiger charge is -2.10. The first kappa shape index (κ1) is 54.3. The largest absolute Gasteiger partial charge is 0.573 e. The predicted octanol–water partition coefficient (Wildman–Crippen LogP) is 11.4. The molecule has 0 saturated heterocycles. The number of ether oxygens (including phenoxy) is 4. The molecule has 0 aliphatic heterocycles. The molecule has 10 rings (SSSR count). The van der Waals surface area contributed by atoms with Crippen LogP contribution in [-0.2, 0) is 14.1 Å². The Hall–Kier alpha value is -9.45. The summed E-state index contributed by atoms with van der Waals surface area (Å²) < 4.78 is 60.8. The van der Waals surface area contributed by atoms with Crippen LogP contribution in [0.25, 0.3) is 22.8 Å². The average Bonchev–Trinajstić information content (AvgIpc) is 4.03. The monoisotopic (exact) mass is 1090 g/mol. The van der Waals surface area contributed by atoms with Gasteiger partial charge in [-0.3, -0.25) is 14.2 Å². The Balaban J connectivity index is 0.000000165. The Morgan fingerprint density at radius 3 is 1.45 bits per heavy atom. The summed E-state index contributed by atoms with van der Waals surface area (Å²) in [5.41, 5.74) is 14.7. The van der Waals surface area contributed by atoms with Crippen LogP contribution in [0.4, 0.5) is 30.2 Å². The summed E-state index contributed by atoms with van der Waals surface area (Å²) in [6, 6.07) is 31.9. The lowest BCUT2D eigenvalue weighted by molar-refractivity contribution is -0.274. The van der Waals surface area contributed by atoms with Crippen molar-refractivity contribution >= 4 is 57.8 Å². The number of amides is 1. The zero-order chi connectivity index (χ0) is 54.0. The van der Waals surface area contributed by atoms with Gasteiger partial charge in [-0.05, 0) is 89.9 Å². The van der Waals surface area contributed by atoms with Gasteiger partial charge in [0.1, 0.15) is 28.2 Å². The maximum Gasteiger partial charge on any atom is 0.573 e. The van der Waals surface area contributed by atoms with E-state index in [9.17, 15) is 18.0 Å².